The quantitative estimate of drug-likeness (QED) is 0.298. The number of hydrogen-bond acceptors (Lipinski definition) is 5. The van der Waals surface area contributed by atoms with Gasteiger partial charge in [-0.15, -0.1) is 0 Å². The molecule has 0 aromatic heterocycles. The Kier molecular flexibility index (Phi) is 8.06. The average molecular weight is 310 g/mol. The second-order valence-electron chi connectivity index (χ2n) is 5.71. The molecule has 1 aliphatic heterocycles. The molecule has 0 amide bonds. The minimum atomic E-state index is -0.637. The predicted molar refractivity (Wildman–Crippen MR) is 83.2 cm³/mol. The maximum Gasteiger partial charge on any atom is 0.305 e. The summed E-state index contributed by atoms with van der Waals surface area (Å²) in [7, 11) is 1.40. The first kappa shape index (κ1) is 18.6. The maximum absolute atomic E-state index is 10.9. The van der Waals surface area contributed by atoms with Crippen molar-refractivity contribution in [3.8, 4) is 0 Å². The van der Waals surface area contributed by atoms with E-state index in [0.717, 1.165) is 19.1 Å². The van der Waals surface area contributed by atoms with E-state index in [0.29, 0.717) is 19.4 Å². The summed E-state index contributed by atoms with van der Waals surface area (Å²) >= 11 is 0. The van der Waals surface area contributed by atoms with Gasteiger partial charge in [0, 0.05) is 18.8 Å². The number of carbonyl (C=O) groups is 2. The van der Waals surface area contributed by atoms with E-state index in [1.54, 1.807) is 0 Å². The Morgan fingerprint density at radius 1 is 1.36 bits per heavy atom. The van der Waals surface area contributed by atoms with Gasteiger partial charge >= 0.3 is 5.97 Å². The van der Waals surface area contributed by atoms with E-state index in [1.807, 2.05) is 38.2 Å². The molecule has 124 valence electrons. The molecule has 22 heavy (non-hydrogen) atoms. The molecule has 0 unspecified atom stereocenters. The number of esters is 1. The van der Waals surface area contributed by atoms with E-state index in [1.165, 1.54) is 7.11 Å². The fourth-order valence-electron chi connectivity index (χ4n) is 2.24. The lowest BCUT2D eigenvalue weighted by molar-refractivity contribution is -0.285. The number of ether oxygens (including phenoxy) is 3. The van der Waals surface area contributed by atoms with Gasteiger partial charge in [-0.05, 0) is 26.7 Å². The highest BCUT2D eigenvalue weighted by Gasteiger charge is 2.34. The Bertz CT molecular complexity index is 411. The van der Waals surface area contributed by atoms with Gasteiger partial charge in [-0.3, -0.25) is 4.79 Å². The molecule has 5 nitrogen and oxygen atoms in total. The number of methoxy groups -OCH3 is 1. The molecule has 0 bridgehead atoms. The van der Waals surface area contributed by atoms with E-state index in [-0.39, 0.29) is 18.0 Å². The predicted octanol–water partition coefficient (Wildman–Crippen LogP) is 2.80. The van der Waals surface area contributed by atoms with Gasteiger partial charge in [0.2, 0.25) is 0 Å². The van der Waals surface area contributed by atoms with Gasteiger partial charge in [0.05, 0.1) is 19.8 Å². The molecule has 1 fully saturated rings. The number of aldehydes is 1. The van der Waals surface area contributed by atoms with E-state index < -0.39 is 5.79 Å². The first-order valence-electron chi connectivity index (χ1n) is 7.64. The van der Waals surface area contributed by atoms with Crippen molar-refractivity contribution in [3.63, 3.8) is 0 Å². The van der Waals surface area contributed by atoms with Crippen LogP contribution in [0.25, 0.3) is 0 Å². The second-order valence-corrected chi connectivity index (χ2v) is 5.71. The van der Waals surface area contributed by atoms with Crippen molar-refractivity contribution in [1.82, 2.24) is 0 Å². The van der Waals surface area contributed by atoms with Gasteiger partial charge in [0.1, 0.15) is 6.29 Å². The normalized spacial score (nSPS) is 24.7. The molecule has 0 spiro atoms. The summed E-state index contributed by atoms with van der Waals surface area (Å²) in [5, 5.41) is 0. The smallest absolute Gasteiger partial charge is 0.305 e. The van der Waals surface area contributed by atoms with Gasteiger partial charge in [-0.1, -0.05) is 24.3 Å². The highest BCUT2D eigenvalue weighted by molar-refractivity contribution is 5.69. The molecule has 2 atom stereocenters. The summed E-state index contributed by atoms with van der Waals surface area (Å²) < 4.78 is 16.0. The Morgan fingerprint density at radius 3 is 2.82 bits per heavy atom. The molecule has 0 radical (unpaired) electrons. The third-order valence-electron chi connectivity index (χ3n) is 3.45. The van der Waals surface area contributed by atoms with Gasteiger partial charge in [0.25, 0.3) is 0 Å². The lowest BCUT2D eigenvalue weighted by atomic mass is 9.98. The highest BCUT2D eigenvalue weighted by atomic mass is 16.7. The van der Waals surface area contributed by atoms with Crippen molar-refractivity contribution in [2.45, 2.75) is 51.4 Å². The van der Waals surface area contributed by atoms with Crippen molar-refractivity contribution in [2.75, 3.05) is 13.7 Å². The van der Waals surface area contributed by atoms with Crippen molar-refractivity contribution in [2.24, 2.45) is 5.92 Å². The first-order valence-corrected chi connectivity index (χ1v) is 7.64. The van der Waals surface area contributed by atoms with Gasteiger partial charge < -0.3 is 19.0 Å². The standard InChI is InChI=1S/C17H26O5/c1-17(2)21-13-14(15(22-17)11-12-18)9-7-5-4-6-8-10-16(19)20-3/h4-5,7,9,12,14-15H,6,8,10-11,13H2,1-3H3/b5-4-,9-7+/t14-,15+/m0/s1. The SMILES string of the molecule is COC(=O)CCC/C=C\C=C\[C@H]1COC(C)(C)O[C@@H]1CC=O. The van der Waals surface area contributed by atoms with Gasteiger partial charge in [-0.2, -0.15) is 0 Å². The van der Waals surface area contributed by atoms with E-state index >= 15 is 0 Å². The van der Waals surface area contributed by atoms with Crippen LogP contribution in [0.1, 0.15) is 39.5 Å². The summed E-state index contributed by atoms with van der Waals surface area (Å²) in [4.78, 5) is 21.7. The fourth-order valence-corrected chi connectivity index (χ4v) is 2.24. The van der Waals surface area contributed by atoms with Crippen LogP contribution in [0.15, 0.2) is 24.3 Å². The summed E-state index contributed by atoms with van der Waals surface area (Å²) in [5.74, 6) is -0.750. The monoisotopic (exact) mass is 310 g/mol. The molecule has 0 aliphatic carbocycles. The molecule has 1 aliphatic rings. The van der Waals surface area contributed by atoms with E-state index in [4.69, 9.17) is 9.47 Å². The van der Waals surface area contributed by atoms with Crippen molar-refractivity contribution in [3.05, 3.63) is 24.3 Å². The molecular formula is C17H26O5. The van der Waals surface area contributed by atoms with Crippen molar-refractivity contribution < 1.29 is 23.8 Å². The van der Waals surface area contributed by atoms with Crippen LogP contribution >= 0.6 is 0 Å². The number of rotatable bonds is 8. The Labute approximate surface area is 132 Å². The highest BCUT2D eigenvalue weighted by Crippen LogP contribution is 2.28. The minimum Gasteiger partial charge on any atom is -0.469 e. The molecular weight excluding hydrogens is 284 g/mol. The number of allylic oxidation sites excluding steroid dienone is 3. The summed E-state index contributed by atoms with van der Waals surface area (Å²) in [6.07, 6.45) is 11.0. The third kappa shape index (κ3) is 7.00. The molecule has 1 rings (SSSR count). The van der Waals surface area contributed by atoms with Crippen molar-refractivity contribution >= 4 is 12.3 Å². The van der Waals surface area contributed by atoms with E-state index in [9.17, 15) is 9.59 Å². The van der Waals surface area contributed by atoms with Crippen LogP contribution in [0, 0.1) is 5.92 Å². The maximum atomic E-state index is 10.9. The van der Waals surface area contributed by atoms with Crippen LogP contribution in [-0.4, -0.2) is 37.9 Å². The average Bonchev–Trinajstić information content (AvgIpc) is 2.47. The van der Waals surface area contributed by atoms with Gasteiger partial charge in [-0.25, -0.2) is 0 Å². The molecule has 1 heterocycles. The van der Waals surface area contributed by atoms with Crippen LogP contribution in [-0.2, 0) is 23.8 Å². The summed E-state index contributed by atoms with van der Waals surface area (Å²) in [6.45, 7) is 4.25. The molecule has 0 aromatic carbocycles. The zero-order valence-electron chi connectivity index (χ0n) is 13.6. The minimum absolute atomic E-state index is 0.0675. The van der Waals surface area contributed by atoms with Crippen LogP contribution in [0.2, 0.25) is 0 Å². The molecule has 1 saturated heterocycles. The number of hydrogen-bond donors (Lipinski definition) is 0. The summed E-state index contributed by atoms with van der Waals surface area (Å²) in [5.41, 5.74) is 0. The van der Waals surface area contributed by atoms with Crippen LogP contribution < -0.4 is 0 Å². The zero-order chi connectivity index (χ0) is 16.4. The largest absolute Gasteiger partial charge is 0.469 e. The van der Waals surface area contributed by atoms with E-state index in [2.05, 4.69) is 4.74 Å². The third-order valence-corrected chi connectivity index (χ3v) is 3.45. The Morgan fingerprint density at radius 2 is 2.14 bits per heavy atom. The molecule has 0 saturated carbocycles. The molecule has 5 heteroatoms. The lowest BCUT2D eigenvalue weighted by Gasteiger charge is -2.39. The van der Waals surface area contributed by atoms with Gasteiger partial charge in [0.15, 0.2) is 5.79 Å². The number of carbonyl (C=O) groups excluding carboxylic acids is 2. The Hall–Kier alpha value is -1.46. The van der Waals surface area contributed by atoms with Crippen LogP contribution in [0.4, 0.5) is 0 Å². The number of unbranched alkanes of at least 4 members (excludes halogenated alkanes) is 1. The summed E-state index contributed by atoms with van der Waals surface area (Å²) in [6, 6.07) is 0. The Balaban J connectivity index is 2.37. The molecule has 0 aromatic rings. The fraction of sp³-hybridized carbons (Fsp3) is 0.647. The molecule has 0 N–H and O–H groups in total. The zero-order valence-corrected chi connectivity index (χ0v) is 13.6. The van der Waals surface area contributed by atoms with Crippen LogP contribution in [0.3, 0.4) is 0 Å². The van der Waals surface area contributed by atoms with Crippen LogP contribution in [0.5, 0.6) is 0 Å². The van der Waals surface area contributed by atoms with Crippen molar-refractivity contribution in [1.29, 1.82) is 0 Å². The topological polar surface area (TPSA) is 61.8 Å². The first-order chi connectivity index (χ1) is 10.5. The lowest BCUT2D eigenvalue weighted by Crippen LogP contribution is -2.45. The second kappa shape index (κ2) is 9.54.